The molecular weight excluding hydrogens is 320 g/mol. The number of carbonyl (C=O) groups excluding carboxylic acids is 1. The van der Waals surface area contributed by atoms with Crippen molar-refractivity contribution in [3.05, 3.63) is 46.4 Å². The van der Waals surface area contributed by atoms with E-state index in [0.717, 1.165) is 16.9 Å². The molecule has 1 amide bonds. The lowest BCUT2D eigenvalue weighted by atomic mass is 10.2. The van der Waals surface area contributed by atoms with Crippen molar-refractivity contribution < 1.29 is 14.7 Å². The molecule has 1 aromatic carbocycles. The van der Waals surface area contributed by atoms with E-state index < -0.39 is 5.97 Å². The number of nitrogens with one attached hydrogen (secondary N) is 1. The maximum absolute atomic E-state index is 11.9. The van der Waals surface area contributed by atoms with Gasteiger partial charge in [0.1, 0.15) is 0 Å². The van der Waals surface area contributed by atoms with E-state index in [9.17, 15) is 9.59 Å². The van der Waals surface area contributed by atoms with Gasteiger partial charge in [-0.05, 0) is 24.1 Å². The minimum absolute atomic E-state index is 0.0525. The minimum Gasteiger partial charge on any atom is -0.481 e. The summed E-state index contributed by atoms with van der Waals surface area (Å²) in [6.07, 6.45) is 1.02. The fourth-order valence-corrected chi connectivity index (χ4v) is 3.11. The number of thiazole rings is 1. The molecule has 116 valence electrons. The number of carbonyl (C=O) groups is 2. The van der Waals surface area contributed by atoms with Gasteiger partial charge in [-0.2, -0.15) is 0 Å². The van der Waals surface area contributed by atoms with Crippen LogP contribution in [0.4, 0.5) is 5.69 Å². The van der Waals surface area contributed by atoms with Crippen LogP contribution < -0.4 is 5.32 Å². The third-order valence-corrected chi connectivity index (χ3v) is 4.42. The van der Waals surface area contributed by atoms with E-state index in [4.69, 9.17) is 5.11 Å². The molecule has 1 aromatic heterocycles. The summed E-state index contributed by atoms with van der Waals surface area (Å²) in [5.74, 6) is -0.196. The van der Waals surface area contributed by atoms with Crippen LogP contribution in [0.15, 0.2) is 35.2 Å². The summed E-state index contributed by atoms with van der Waals surface area (Å²) in [7, 11) is 0. The van der Waals surface area contributed by atoms with Crippen molar-refractivity contribution in [3.8, 4) is 0 Å². The van der Waals surface area contributed by atoms with Crippen LogP contribution in [0.5, 0.6) is 0 Å². The number of rotatable bonds is 8. The van der Waals surface area contributed by atoms with Crippen molar-refractivity contribution in [3.63, 3.8) is 0 Å². The first-order chi connectivity index (χ1) is 10.6. The number of hydrogen-bond donors (Lipinski definition) is 2. The second-order valence-electron chi connectivity index (χ2n) is 4.61. The van der Waals surface area contributed by atoms with Gasteiger partial charge in [0, 0.05) is 23.2 Å². The van der Waals surface area contributed by atoms with Crippen molar-refractivity contribution in [2.24, 2.45) is 0 Å². The highest BCUT2D eigenvalue weighted by Gasteiger charge is 2.05. The third kappa shape index (κ3) is 5.87. The molecule has 0 unspecified atom stereocenters. The fourth-order valence-electron chi connectivity index (χ4n) is 1.82. The van der Waals surface area contributed by atoms with Gasteiger partial charge in [-0.25, -0.2) is 4.98 Å². The molecule has 0 bridgehead atoms. The molecule has 0 fully saturated rings. The third-order valence-electron chi connectivity index (χ3n) is 2.80. The number of aryl methyl sites for hydroxylation is 1. The Kier molecular flexibility index (Phi) is 6.42. The molecule has 0 saturated heterocycles. The summed E-state index contributed by atoms with van der Waals surface area (Å²) in [4.78, 5) is 26.5. The van der Waals surface area contributed by atoms with Gasteiger partial charge in [-0.1, -0.05) is 12.1 Å². The Morgan fingerprint density at radius 1 is 1.36 bits per heavy atom. The first kappa shape index (κ1) is 16.5. The lowest BCUT2D eigenvalue weighted by molar-refractivity contribution is -0.133. The fraction of sp³-hybridized carbons (Fsp3) is 0.267. The van der Waals surface area contributed by atoms with Crippen LogP contribution >= 0.6 is 23.1 Å². The van der Waals surface area contributed by atoms with Gasteiger partial charge in [-0.15, -0.1) is 23.1 Å². The Morgan fingerprint density at radius 2 is 2.23 bits per heavy atom. The van der Waals surface area contributed by atoms with Gasteiger partial charge >= 0.3 is 5.97 Å². The smallest absolute Gasteiger partial charge is 0.313 e. The van der Waals surface area contributed by atoms with E-state index in [-0.39, 0.29) is 11.7 Å². The largest absolute Gasteiger partial charge is 0.481 e. The summed E-state index contributed by atoms with van der Waals surface area (Å²) >= 11 is 2.85. The molecule has 0 aliphatic carbocycles. The summed E-state index contributed by atoms with van der Waals surface area (Å²) in [5.41, 5.74) is 4.41. The highest BCUT2D eigenvalue weighted by molar-refractivity contribution is 7.99. The molecule has 0 aliphatic heterocycles. The number of anilines is 1. The molecule has 1 heterocycles. The molecule has 0 spiro atoms. The van der Waals surface area contributed by atoms with Crippen molar-refractivity contribution in [2.75, 3.05) is 11.1 Å². The molecule has 22 heavy (non-hydrogen) atoms. The van der Waals surface area contributed by atoms with Crippen LogP contribution in [0, 0.1) is 0 Å². The van der Waals surface area contributed by atoms with Gasteiger partial charge in [0.25, 0.3) is 0 Å². The predicted octanol–water partition coefficient (Wildman–Crippen LogP) is 3.03. The second kappa shape index (κ2) is 8.55. The molecule has 0 radical (unpaired) electrons. The van der Waals surface area contributed by atoms with Crippen LogP contribution in [-0.2, 0) is 21.8 Å². The van der Waals surface area contributed by atoms with Crippen LogP contribution in [0.3, 0.4) is 0 Å². The summed E-state index contributed by atoms with van der Waals surface area (Å²) in [5, 5.41) is 13.4. The number of hydrogen-bond acceptors (Lipinski definition) is 5. The predicted molar refractivity (Wildman–Crippen MR) is 89.3 cm³/mol. The molecular formula is C15H16N2O3S2. The zero-order valence-corrected chi connectivity index (χ0v) is 13.5. The normalized spacial score (nSPS) is 10.4. The number of aliphatic carboxylic acids is 1. The number of nitrogens with zero attached hydrogens (tertiary/aromatic N) is 1. The van der Waals surface area contributed by atoms with Gasteiger partial charge in [0.15, 0.2) is 0 Å². The Labute approximate surface area is 136 Å². The van der Waals surface area contributed by atoms with E-state index in [1.54, 1.807) is 5.51 Å². The molecule has 0 aliphatic rings. The van der Waals surface area contributed by atoms with Crippen molar-refractivity contribution in [1.82, 2.24) is 4.98 Å². The number of carboxylic acids is 1. The highest BCUT2D eigenvalue weighted by Crippen LogP contribution is 2.17. The Balaban J connectivity index is 1.81. The van der Waals surface area contributed by atoms with E-state index >= 15 is 0 Å². The Hall–Kier alpha value is -1.86. The Morgan fingerprint density at radius 3 is 2.95 bits per heavy atom. The average molecular weight is 336 g/mol. The molecule has 5 nitrogen and oxygen atoms in total. The van der Waals surface area contributed by atoms with E-state index in [0.29, 0.717) is 18.6 Å². The van der Waals surface area contributed by atoms with Crippen LogP contribution in [0.2, 0.25) is 0 Å². The first-order valence-electron chi connectivity index (χ1n) is 6.69. The summed E-state index contributed by atoms with van der Waals surface area (Å²) in [6.45, 7) is 0. The first-order valence-corrected chi connectivity index (χ1v) is 8.78. The summed E-state index contributed by atoms with van der Waals surface area (Å²) < 4.78 is 0. The van der Waals surface area contributed by atoms with Gasteiger partial charge in [-0.3, -0.25) is 9.59 Å². The highest BCUT2D eigenvalue weighted by atomic mass is 32.2. The number of aromatic nitrogens is 1. The topological polar surface area (TPSA) is 79.3 Å². The van der Waals surface area contributed by atoms with Crippen molar-refractivity contribution in [1.29, 1.82) is 0 Å². The average Bonchev–Trinajstić information content (AvgIpc) is 2.98. The van der Waals surface area contributed by atoms with Gasteiger partial charge in [0.05, 0.1) is 17.0 Å². The van der Waals surface area contributed by atoms with Crippen molar-refractivity contribution >= 4 is 40.7 Å². The van der Waals surface area contributed by atoms with E-state index in [1.807, 2.05) is 29.6 Å². The number of carboxylic acid groups (broad SMARTS) is 1. The minimum atomic E-state index is -0.823. The quantitative estimate of drug-likeness (QED) is 0.774. The number of thioether (sulfide) groups is 1. The molecule has 7 heteroatoms. The van der Waals surface area contributed by atoms with Crippen molar-refractivity contribution in [2.45, 2.75) is 18.6 Å². The van der Waals surface area contributed by atoms with Gasteiger partial charge < -0.3 is 10.4 Å². The monoisotopic (exact) mass is 336 g/mol. The molecule has 0 saturated carbocycles. The maximum Gasteiger partial charge on any atom is 0.313 e. The summed E-state index contributed by atoms with van der Waals surface area (Å²) in [6, 6.07) is 7.47. The molecule has 2 aromatic rings. The zero-order chi connectivity index (χ0) is 15.8. The lowest BCUT2D eigenvalue weighted by Gasteiger charge is -2.07. The number of benzene rings is 1. The van der Waals surface area contributed by atoms with E-state index in [2.05, 4.69) is 10.3 Å². The molecule has 0 atom stereocenters. The standard InChI is InChI=1S/C15H16N2O3S2/c18-14(5-4-13-8-22-10-16-13)17-12-3-1-2-11(6-12)7-21-9-15(19)20/h1-3,6,8,10H,4-5,7,9H2,(H,17,18)(H,19,20). The van der Waals surface area contributed by atoms with Crippen LogP contribution in [0.25, 0.3) is 0 Å². The zero-order valence-electron chi connectivity index (χ0n) is 11.8. The molecule has 2 rings (SSSR count). The molecule has 2 N–H and O–H groups in total. The Bertz CT molecular complexity index is 629. The van der Waals surface area contributed by atoms with Crippen LogP contribution in [0.1, 0.15) is 17.7 Å². The van der Waals surface area contributed by atoms with E-state index in [1.165, 1.54) is 23.1 Å². The second-order valence-corrected chi connectivity index (χ2v) is 6.32. The van der Waals surface area contributed by atoms with Crippen LogP contribution in [-0.4, -0.2) is 27.7 Å². The SMILES string of the molecule is O=C(O)CSCc1cccc(NC(=O)CCc2cscn2)c1. The van der Waals surface area contributed by atoms with Gasteiger partial charge in [0.2, 0.25) is 5.91 Å². The lowest BCUT2D eigenvalue weighted by Crippen LogP contribution is -2.12. The maximum atomic E-state index is 11.9. The number of amides is 1.